The number of thiophene rings is 1. The Hall–Kier alpha value is -1.80. The molecule has 0 saturated heterocycles. The molecule has 0 unspecified atom stereocenters. The maximum atomic E-state index is 12.2. The summed E-state index contributed by atoms with van der Waals surface area (Å²) in [5.41, 5.74) is 2.28. The quantitative estimate of drug-likeness (QED) is 0.855. The molecule has 0 atom stereocenters. The Morgan fingerprint density at radius 2 is 2.24 bits per heavy atom. The summed E-state index contributed by atoms with van der Waals surface area (Å²) in [5.74, 6) is 5.31. The van der Waals surface area contributed by atoms with Crippen LogP contribution in [0, 0.1) is 18.8 Å². The first-order valence-corrected chi connectivity index (χ1v) is 7.58. The summed E-state index contributed by atoms with van der Waals surface area (Å²) < 4.78 is 0. The van der Waals surface area contributed by atoms with Gasteiger partial charge in [-0.05, 0) is 36.1 Å². The maximum Gasteiger partial charge on any atom is 0.251 e. The highest BCUT2D eigenvalue weighted by Gasteiger charge is 2.10. The molecule has 0 spiro atoms. The van der Waals surface area contributed by atoms with Crippen molar-refractivity contribution in [2.45, 2.75) is 13.5 Å². The molecule has 2 N–H and O–H groups in total. The third-order valence-electron chi connectivity index (χ3n) is 2.90. The van der Waals surface area contributed by atoms with Crippen LogP contribution in [0.15, 0.2) is 29.6 Å². The lowest BCUT2D eigenvalue weighted by molar-refractivity contribution is 0.0950. The van der Waals surface area contributed by atoms with Crippen LogP contribution in [0.3, 0.4) is 0 Å². The molecule has 21 heavy (non-hydrogen) atoms. The van der Waals surface area contributed by atoms with Gasteiger partial charge in [0.1, 0.15) is 6.61 Å². The summed E-state index contributed by atoms with van der Waals surface area (Å²) in [7, 11) is 0. The second kappa shape index (κ2) is 7.28. The zero-order valence-electron chi connectivity index (χ0n) is 11.4. The van der Waals surface area contributed by atoms with E-state index in [1.807, 2.05) is 24.4 Å². The average Bonchev–Trinajstić information content (AvgIpc) is 2.92. The molecule has 0 fully saturated rings. The van der Waals surface area contributed by atoms with Crippen LogP contribution in [0.1, 0.15) is 26.4 Å². The highest BCUT2D eigenvalue weighted by Crippen LogP contribution is 2.17. The summed E-state index contributed by atoms with van der Waals surface area (Å²) in [6.45, 7) is 2.09. The standard InChI is InChI=1S/C16H14ClNO2S/c1-11-4-5-13(17)9-14(11)16(20)18-10-15-12(3-2-7-19)6-8-21-15/h4-6,8-9,19H,7,10H2,1H3,(H,18,20). The summed E-state index contributed by atoms with van der Waals surface area (Å²) >= 11 is 7.44. The number of carbonyl (C=O) groups is 1. The Kier molecular flexibility index (Phi) is 5.40. The van der Waals surface area contributed by atoms with E-state index in [2.05, 4.69) is 17.2 Å². The smallest absolute Gasteiger partial charge is 0.251 e. The molecule has 1 amide bonds. The number of carbonyl (C=O) groups excluding carboxylic acids is 1. The van der Waals surface area contributed by atoms with Gasteiger partial charge in [-0.1, -0.05) is 29.5 Å². The van der Waals surface area contributed by atoms with E-state index in [1.165, 1.54) is 11.3 Å². The Labute approximate surface area is 132 Å². The zero-order chi connectivity index (χ0) is 15.2. The molecule has 3 nitrogen and oxygen atoms in total. The zero-order valence-corrected chi connectivity index (χ0v) is 13.0. The minimum atomic E-state index is -0.177. The van der Waals surface area contributed by atoms with Crippen molar-refractivity contribution >= 4 is 28.8 Å². The number of benzene rings is 1. The number of aryl methyl sites for hydroxylation is 1. The van der Waals surface area contributed by atoms with E-state index < -0.39 is 0 Å². The van der Waals surface area contributed by atoms with Crippen LogP contribution in [0.5, 0.6) is 0 Å². The van der Waals surface area contributed by atoms with Gasteiger partial charge in [-0.2, -0.15) is 0 Å². The molecule has 0 aliphatic carbocycles. The summed E-state index contributed by atoms with van der Waals surface area (Å²) in [6, 6.07) is 7.11. The van der Waals surface area contributed by atoms with E-state index >= 15 is 0 Å². The molecule has 0 radical (unpaired) electrons. The Balaban J connectivity index is 2.08. The third kappa shape index (κ3) is 4.08. The van der Waals surface area contributed by atoms with Crippen molar-refractivity contribution in [3.63, 3.8) is 0 Å². The molecule has 1 heterocycles. The van der Waals surface area contributed by atoms with Gasteiger partial charge >= 0.3 is 0 Å². The van der Waals surface area contributed by atoms with Crippen molar-refractivity contribution in [3.05, 3.63) is 56.2 Å². The van der Waals surface area contributed by atoms with Crippen molar-refractivity contribution in [2.75, 3.05) is 6.61 Å². The van der Waals surface area contributed by atoms with Crippen LogP contribution < -0.4 is 5.32 Å². The van der Waals surface area contributed by atoms with Crippen molar-refractivity contribution in [1.29, 1.82) is 0 Å². The van der Waals surface area contributed by atoms with Crippen LogP contribution in [0.25, 0.3) is 0 Å². The molecule has 2 aromatic rings. The lowest BCUT2D eigenvalue weighted by Crippen LogP contribution is -2.23. The summed E-state index contributed by atoms with van der Waals surface area (Å²) in [4.78, 5) is 13.2. The van der Waals surface area contributed by atoms with E-state index in [9.17, 15) is 4.79 Å². The fourth-order valence-electron chi connectivity index (χ4n) is 1.82. The van der Waals surface area contributed by atoms with Crippen LogP contribution in [-0.2, 0) is 6.54 Å². The van der Waals surface area contributed by atoms with Gasteiger partial charge in [0.05, 0.1) is 6.54 Å². The molecular weight excluding hydrogens is 306 g/mol. The molecule has 108 valence electrons. The van der Waals surface area contributed by atoms with Crippen LogP contribution in [0.4, 0.5) is 0 Å². The van der Waals surface area contributed by atoms with Gasteiger partial charge in [-0.25, -0.2) is 0 Å². The first-order valence-electron chi connectivity index (χ1n) is 6.32. The number of nitrogens with one attached hydrogen (secondary N) is 1. The highest BCUT2D eigenvalue weighted by atomic mass is 35.5. The van der Waals surface area contributed by atoms with Gasteiger partial charge in [0.2, 0.25) is 0 Å². The van der Waals surface area contributed by atoms with Crippen LogP contribution in [0.2, 0.25) is 5.02 Å². The Bertz CT molecular complexity index is 713. The number of halogens is 1. The minimum absolute atomic E-state index is 0.163. The molecule has 2 rings (SSSR count). The van der Waals surface area contributed by atoms with Crippen molar-refractivity contribution in [2.24, 2.45) is 0 Å². The normalized spacial score (nSPS) is 9.86. The topological polar surface area (TPSA) is 49.3 Å². The second-order valence-electron chi connectivity index (χ2n) is 4.36. The van der Waals surface area contributed by atoms with Crippen LogP contribution in [-0.4, -0.2) is 17.6 Å². The van der Waals surface area contributed by atoms with E-state index in [4.69, 9.17) is 16.7 Å². The van der Waals surface area contributed by atoms with Crippen LogP contribution >= 0.6 is 22.9 Å². The first kappa shape index (κ1) is 15.6. The molecule has 1 aromatic carbocycles. The lowest BCUT2D eigenvalue weighted by atomic mass is 10.1. The van der Waals surface area contributed by atoms with Gasteiger partial charge < -0.3 is 10.4 Å². The number of aliphatic hydroxyl groups excluding tert-OH is 1. The Morgan fingerprint density at radius 3 is 3.00 bits per heavy atom. The van der Waals surface area contributed by atoms with Gasteiger partial charge in [0.25, 0.3) is 5.91 Å². The van der Waals surface area contributed by atoms with Gasteiger partial charge in [0, 0.05) is 21.0 Å². The minimum Gasteiger partial charge on any atom is -0.384 e. The lowest BCUT2D eigenvalue weighted by Gasteiger charge is -2.07. The predicted octanol–water partition coefficient (Wildman–Crippen LogP) is 2.98. The largest absolute Gasteiger partial charge is 0.384 e. The monoisotopic (exact) mass is 319 g/mol. The van der Waals surface area contributed by atoms with Gasteiger partial charge in [-0.3, -0.25) is 4.79 Å². The molecule has 0 bridgehead atoms. The molecule has 0 saturated carbocycles. The average molecular weight is 320 g/mol. The maximum absolute atomic E-state index is 12.2. The van der Waals surface area contributed by atoms with E-state index in [0.29, 0.717) is 17.1 Å². The number of rotatable bonds is 3. The SMILES string of the molecule is Cc1ccc(Cl)cc1C(=O)NCc1sccc1C#CCO. The molecular formula is C16H14ClNO2S. The molecule has 1 aromatic heterocycles. The van der Waals surface area contributed by atoms with Crippen molar-refractivity contribution < 1.29 is 9.90 Å². The summed E-state index contributed by atoms with van der Waals surface area (Å²) in [6.07, 6.45) is 0. The molecule has 0 aliphatic heterocycles. The Morgan fingerprint density at radius 1 is 1.43 bits per heavy atom. The number of amides is 1. The highest BCUT2D eigenvalue weighted by molar-refractivity contribution is 7.10. The van der Waals surface area contributed by atoms with Crippen molar-refractivity contribution in [3.8, 4) is 11.8 Å². The first-order chi connectivity index (χ1) is 10.1. The predicted molar refractivity (Wildman–Crippen MR) is 85.6 cm³/mol. The fraction of sp³-hybridized carbons (Fsp3) is 0.188. The van der Waals surface area contributed by atoms with Crippen molar-refractivity contribution in [1.82, 2.24) is 5.32 Å². The van der Waals surface area contributed by atoms with Gasteiger partial charge in [0.15, 0.2) is 0 Å². The van der Waals surface area contributed by atoms with Gasteiger partial charge in [-0.15, -0.1) is 11.3 Å². The fourth-order valence-corrected chi connectivity index (χ4v) is 2.76. The number of hydrogen-bond acceptors (Lipinski definition) is 3. The second-order valence-corrected chi connectivity index (χ2v) is 5.80. The van der Waals surface area contributed by atoms with E-state index in [0.717, 1.165) is 16.0 Å². The molecule has 5 heteroatoms. The number of hydrogen-bond donors (Lipinski definition) is 2. The third-order valence-corrected chi connectivity index (χ3v) is 4.06. The van der Waals surface area contributed by atoms with E-state index in [-0.39, 0.29) is 12.5 Å². The van der Waals surface area contributed by atoms with E-state index in [1.54, 1.807) is 12.1 Å². The number of aliphatic hydroxyl groups is 1. The summed E-state index contributed by atoms with van der Waals surface area (Å²) in [5, 5.41) is 14.0. The molecule has 0 aliphatic rings.